The van der Waals surface area contributed by atoms with Crippen LogP contribution in [0.4, 0.5) is 15.8 Å². The first-order chi connectivity index (χ1) is 9.00. The molecule has 0 fully saturated rings. The number of nitrogen functional groups attached to an aromatic ring is 1. The Morgan fingerprint density at radius 3 is 2.63 bits per heavy atom. The minimum atomic E-state index is -0.581. The number of para-hydroxylation sites is 1. The second-order valence-corrected chi connectivity index (χ2v) is 4.48. The predicted molar refractivity (Wildman–Crippen MR) is 75.0 cm³/mol. The van der Waals surface area contributed by atoms with Crippen LogP contribution in [0.1, 0.15) is 15.9 Å². The molecule has 1 amide bonds. The molecule has 0 saturated carbocycles. The molecule has 2 aromatic carbocycles. The molecule has 2 rings (SSSR count). The van der Waals surface area contributed by atoms with Gasteiger partial charge in [-0.25, -0.2) is 4.39 Å². The molecule has 19 heavy (non-hydrogen) atoms. The van der Waals surface area contributed by atoms with Gasteiger partial charge in [0.25, 0.3) is 5.91 Å². The van der Waals surface area contributed by atoms with Crippen molar-refractivity contribution in [2.45, 2.75) is 6.92 Å². The highest BCUT2D eigenvalue weighted by Gasteiger charge is 2.14. The molecule has 0 aliphatic rings. The van der Waals surface area contributed by atoms with Gasteiger partial charge in [-0.05, 0) is 36.8 Å². The normalized spacial score (nSPS) is 10.3. The van der Waals surface area contributed by atoms with Crippen molar-refractivity contribution >= 4 is 28.9 Å². The summed E-state index contributed by atoms with van der Waals surface area (Å²) in [6.07, 6.45) is 0. The number of benzene rings is 2. The van der Waals surface area contributed by atoms with Crippen LogP contribution in [0.2, 0.25) is 5.02 Å². The van der Waals surface area contributed by atoms with E-state index in [-0.39, 0.29) is 10.7 Å². The van der Waals surface area contributed by atoms with Gasteiger partial charge in [-0.15, -0.1) is 0 Å². The Bertz CT molecular complexity index is 623. The third kappa shape index (κ3) is 2.69. The van der Waals surface area contributed by atoms with Gasteiger partial charge in [0.2, 0.25) is 0 Å². The zero-order chi connectivity index (χ0) is 14.0. The Balaban J connectivity index is 2.34. The average Bonchev–Trinajstić information content (AvgIpc) is 2.37. The van der Waals surface area contributed by atoms with E-state index in [0.29, 0.717) is 16.8 Å². The SMILES string of the molecule is Cc1c(N)cccc1C(=O)Nc1c(F)cccc1Cl. The summed E-state index contributed by atoms with van der Waals surface area (Å²) in [6, 6.07) is 9.19. The van der Waals surface area contributed by atoms with Crippen molar-refractivity contribution in [1.82, 2.24) is 0 Å². The summed E-state index contributed by atoms with van der Waals surface area (Å²) in [5, 5.41) is 2.61. The van der Waals surface area contributed by atoms with Crippen molar-refractivity contribution in [2.75, 3.05) is 11.1 Å². The molecule has 0 radical (unpaired) electrons. The molecule has 3 N–H and O–H groups in total. The number of carbonyl (C=O) groups excluding carboxylic acids is 1. The van der Waals surface area contributed by atoms with Crippen LogP contribution >= 0.6 is 11.6 Å². The number of hydrogen-bond donors (Lipinski definition) is 2. The summed E-state index contributed by atoms with van der Waals surface area (Å²) in [5.41, 5.74) is 7.24. The van der Waals surface area contributed by atoms with Gasteiger partial charge >= 0.3 is 0 Å². The maximum absolute atomic E-state index is 13.6. The van der Waals surface area contributed by atoms with E-state index < -0.39 is 11.7 Å². The Labute approximate surface area is 115 Å². The summed E-state index contributed by atoms with van der Waals surface area (Å²) in [6.45, 7) is 1.73. The zero-order valence-corrected chi connectivity index (χ0v) is 11.0. The molecule has 0 unspecified atom stereocenters. The summed E-state index contributed by atoms with van der Waals surface area (Å²) >= 11 is 5.85. The molecule has 0 bridgehead atoms. The van der Waals surface area contributed by atoms with Crippen molar-refractivity contribution in [3.63, 3.8) is 0 Å². The van der Waals surface area contributed by atoms with Gasteiger partial charge in [-0.2, -0.15) is 0 Å². The minimum absolute atomic E-state index is 0.0315. The second-order valence-electron chi connectivity index (χ2n) is 4.07. The van der Waals surface area contributed by atoms with E-state index in [1.807, 2.05) is 0 Å². The number of carbonyl (C=O) groups is 1. The van der Waals surface area contributed by atoms with Crippen molar-refractivity contribution in [2.24, 2.45) is 0 Å². The molecule has 98 valence electrons. The van der Waals surface area contributed by atoms with Gasteiger partial charge in [-0.1, -0.05) is 23.7 Å². The first-order valence-corrected chi connectivity index (χ1v) is 5.99. The lowest BCUT2D eigenvalue weighted by Crippen LogP contribution is -2.15. The van der Waals surface area contributed by atoms with Gasteiger partial charge in [0.15, 0.2) is 0 Å². The van der Waals surface area contributed by atoms with Gasteiger partial charge in [-0.3, -0.25) is 4.79 Å². The highest BCUT2D eigenvalue weighted by Crippen LogP contribution is 2.26. The fourth-order valence-corrected chi connectivity index (χ4v) is 1.91. The lowest BCUT2D eigenvalue weighted by Gasteiger charge is -2.11. The molecule has 2 aromatic rings. The Morgan fingerprint density at radius 1 is 1.26 bits per heavy atom. The molecule has 0 aliphatic heterocycles. The van der Waals surface area contributed by atoms with E-state index in [1.54, 1.807) is 25.1 Å². The second kappa shape index (κ2) is 5.28. The fraction of sp³-hybridized carbons (Fsp3) is 0.0714. The van der Waals surface area contributed by atoms with Crippen molar-refractivity contribution in [3.8, 4) is 0 Å². The molecular formula is C14H12ClFN2O. The van der Waals surface area contributed by atoms with Gasteiger partial charge in [0.05, 0.1) is 10.7 Å². The summed E-state index contributed by atoms with van der Waals surface area (Å²) in [7, 11) is 0. The third-order valence-electron chi connectivity index (χ3n) is 2.82. The largest absolute Gasteiger partial charge is 0.398 e. The van der Waals surface area contributed by atoms with Gasteiger partial charge < -0.3 is 11.1 Å². The van der Waals surface area contributed by atoms with E-state index in [2.05, 4.69) is 5.32 Å². The molecule has 0 saturated heterocycles. The van der Waals surface area contributed by atoms with Crippen LogP contribution < -0.4 is 11.1 Å². The average molecular weight is 279 g/mol. The van der Waals surface area contributed by atoms with E-state index >= 15 is 0 Å². The van der Waals surface area contributed by atoms with E-state index in [4.69, 9.17) is 17.3 Å². The standard InChI is InChI=1S/C14H12ClFN2O/c1-8-9(4-2-7-12(8)17)14(19)18-13-10(15)5-3-6-11(13)16/h2-7H,17H2,1H3,(H,18,19). The molecule has 0 spiro atoms. The number of halogens is 2. The Morgan fingerprint density at radius 2 is 1.95 bits per heavy atom. The van der Waals surface area contributed by atoms with Crippen LogP contribution in [-0.4, -0.2) is 5.91 Å². The lowest BCUT2D eigenvalue weighted by atomic mass is 10.1. The summed E-state index contributed by atoms with van der Waals surface area (Å²) in [5.74, 6) is -1.03. The van der Waals surface area contributed by atoms with Gasteiger partial charge in [0.1, 0.15) is 5.82 Å². The van der Waals surface area contributed by atoms with Crippen LogP contribution in [0.5, 0.6) is 0 Å². The number of hydrogen-bond acceptors (Lipinski definition) is 2. The monoisotopic (exact) mass is 278 g/mol. The molecule has 5 heteroatoms. The molecule has 0 heterocycles. The maximum atomic E-state index is 13.6. The third-order valence-corrected chi connectivity index (χ3v) is 3.14. The minimum Gasteiger partial charge on any atom is -0.398 e. The van der Waals surface area contributed by atoms with Crippen LogP contribution in [0.15, 0.2) is 36.4 Å². The zero-order valence-electron chi connectivity index (χ0n) is 10.2. The van der Waals surface area contributed by atoms with Crippen LogP contribution in [0, 0.1) is 12.7 Å². The predicted octanol–water partition coefficient (Wildman–Crippen LogP) is 3.62. The van der Waals surface area contributed by atoms with E-state index in [9.17, 15) is 9.18 Å². The van der Waals surface area contributed by atoms with Crippen LogP contribution in [0.3, 0.4) is 0 Å². The number of nitrogens with two attached hydrogens (primary N) is 1. The number of nitrogens with one attached hydrogen (secondary N) is 1. The van der Waals surface area contributed by atoms with Crippen molar-refractivity contribution in [1.29, 1.82) is 0 Å². The maximum Gasteiger partial charge on any atom is 0.256 e. The molecule has 0 atom stereocenters. The van der Waals surface area contributed by atoms with Crippen LogP contribution in [0.25, 0.3) is 0 Å². The summed E-state index contributed by atoms with van der Waals surface area (Å²) in [4.78, 5) is 12.1. The van der Waals surface area contributed by atoms with Crippen molar-refractivity contribution in [3.05, 3.63) is 58.4 Å². The Hall–Kier alpha value is -2.07. The van der Waals surface area contributed by atoms with Gasteiger partial charge in [0, 0.05) is 11.3 Å². The highest BCUT2D eigenvalue weighted by atomic mass is 35.5. The summed E-state index contributed by atoms with van der Waals surface area (Å²) < 4.78 is 13.6. The quantitative estimate of drug-likeness (QED) is 0.824. The Kier molecular flexibility index (Phi) is 3.71. The number of amides is 1. The number of rotatable bonds is 2. The molecular weight excluding hydrogens is 267 g/mol. The first kappa shape index (κ1) is 13.4. The van der Waals surface area contributed by atoms with E-state index in [1.165, 1.54) is 18.2 Å². The van der Waals surface area contributed by atoms with Crippen molar-refractivity contribution < 1.29 is 9.18 Å². The molecule has 0 aromatic heterocycles. The fourth-order valence-electron chi connectivity index (χ4n) is 1.70. The topological polar surface area (TPSA) is 55.1 Å². The molecule has 3 nitrogen and oxygen atoms in total. The number of anilines is 2. The lowest BCUT2D eigenvalue weighted by molar-refractivity contribution is 0.102. The highest BCUT2D eigenvalue weighted by molar-refractivity contribution is 6.34. The smallest absolute Gasteiger partial charge is 0.256 e. The van der Waals surface area contributed by atoms with E-state index in [0.717, 1.165) is 0 Å². The van der Waals surface area contributed by atoms with Crippen LogP contribution in [-0.2, 0) is 0 Å². The first-order valence-electron chi connectivity index (χ1n) is 5.61. The molecule has 0 aliphatic carbocycles.